The molecule has 0 bridgehead atoms. The van der Waals surface area contributed by atoms with Gasteiger partial charge in [0.1, 0.15) is 0 Å². The Kier molecular flexibility index (Phi) is 6.64. The lowest BCUT2D eigenvalue weighted by atomic mass is 10.2. The molecule has 34 heavy (non-hydrogen) atoms. The van der Waals surface area contributed by atoms with Crippen molar-refractivity contribution in [2.24, 2.45) is 0 Å². The lowest BCUT2D eigenvalue weighted by Gasteiger charge is -2.32. The Hall–Kier alpha value is -2.25. The molecule has 3 aromatic rings. The van der Waals surface area contributed by atoms with E-state index in [0.717, 1.165) is 11.3 Å². The molecule has 0 saturated carbocycles. The number of benzene rings is 2. The van der Waals surface area contributed by atoms with Crippen LogP contribution in [-0.2, 0) is 20.0 Å². The molecule has 2 heterocycles. The van der Waals surface area contributed by atoms with Crippen LogP contribution >= 0.6 is 11.3 Å². The van der Waals surface area contributed by atoms with E-state index in [0.29, 0.717) is 42.0 Å². The van der Waals surface area contributed by atoms with Crippen LogP contribution in [0.25, 0.3) is 10.2 Å². The van der Waals surface area contributed by atoms with Crippen molar-refractivity contribution in [2.75, 3.05) is 37.9 Å². The number of sulfonamides is 2. The van der Waals surface area contributed by atoms with Gasteiger partial charge < -0.3 is 4.90 Å². The molecule has 0 spiro atoms. The number of aryl methyl sites for hydroxylation is 1. The molecule has 1 aliphatic heterocycles. The molecule has 184 valence electrons. The van der Waals surface area contributed by atoms with Crippen molar-refractivity contribution in [3.05, 3.63) is 51.6 Å². The number of likely N-dealkylation sites (N-methyl/N-ethyl adjacent to an activating group) is 1. The van der Waals surface area contributed by atoms with Gasteiger partial charge in [-0.25, -0.2) is 16.8 Å². The number of nitrogens with one attached hydrogen (secondary N) is 1. The second-order valence-electron chi connectivity index (χ2n) is 8.75. The second-order valence-corrected chi connectivity index (χ2v) is 13.3. The summed E-state index contributed by atoms with van der Waals surface area (Å²) >= 11 is 0.994. The average molecular weight is 525 g/mol. The smallest absolute Gasteiger partial charge is 0.304 e. The fourth-order valence-electron chi connectivity index (χ4n) is 4.00. The van der Waals surface area contributed by atoms with Crippen LogP contribution in [0.15, 0.2) is 51.0 Å². The molecule has 9 nitrogen and oxygen atoms in total. The molecule has 4 rings (SSSR count). The molecule has 1 aliphatic rings. The average Bonchev–Trinajstić information content (AvgIpc) is 3.10. The molecular weight excluding hydrogens is 496 g/mol. The number of fused-ring (bicyclic) bond motifs is 1. The highest BCUT2D eigenvalue weighted by molar-refractivity contribution is 7.92. The van der Waals surface area contributed by atoms with Gasteiger partial charge in [0.05, 0.1) is 25.7 Å². The number of aromatic nitrogens is 1. The van der Waals surface area contributed by atoms with Crippen molar-refractivity contribution in [1.82, 2.24) is 13.8 Å². The number of thiazole rings is 1. The molecule has 1 saturated heterocycles. The number of anilines is 1. The van der Waals surface area contributed by atoms with E-state index in [2.05, 4.69) is 9.62 Å². The van der Waals surface area contributed by atoms with E-state index in [-0.39, 0.29) is 26.4 Å². The van der Waals surface area contributed by atoms with Crippen LogP contribution in [0.5, 0.6) is 0 Å². The molecule has 0 aliphatic carbocycles. The van der Waals surface area contributed by atoms with Crippen molar-refractivity contribution in [1.29, 1.82) is 0 Å². The van der Waals surface area contributed by atoms with Crippen molar-refractivity contribution < 1.29 is 16.8 Å². The maximum Gasteiger partial charge on any atom is 0.308 e. The topological polar surface area (TPSA) is 109 Å². The predicted octanol–water partition coefficient (Wildman–Crippen LogP) is 2.69. The number of hydrogen-bond acceptors (Lipinski definition) is 7. The summed E-state index contributed by atoms with van der Waals surface area (Å²) in [5, 5.41) is 0. The number of rotatable bonds is 6. The Balaban J connectivity index is 1.66. The minimum atomic E-state index is -4.01. The fourth-order valence-corrected chi connectivity index (χ4v) is 7.87. The van der Waals surface area contributed by atoms with Crippen LogP contribution < -0.4 is 9.60 Å². The quantitative estimate of drug-likeness (QED) is 0.531. The standard InChI is InChI=1S/C22H28N4O5S3/c1-15(2)26-19-8-7-18(14-20(19)32-22(26)27)33(28,29)23-17-6-5-16(3)21(13-17)34(30,31)25-11-9-24(4)10-12-25/h5-8,13-15,23H,9-12H2,1-4H3. The maximum absolute atomic E-state index is 13.2. The Morgan fingerprint density at radius 2 is 1.65 bits per heavy atom. The molecule has 1 N–H and O–H groups in total. The highest BCUT2D eigenvalue weighted by Gasteiger charge is 2.29. The van der Waals surface area contributed by atoms with Crippen LogP contribution in [0.3, 0.4) is 0 Å². The number of piperazine rings is 1. The van der Waals surface area contributed by atoms with Gasteiger partial charge in [-0.2, -0.15) is 4.31 Å². The van der Waals surface area contributed by atoms with Crippen LogP contribution in [-0.4, -0.2) is 63.8 Å². The van der Waals surface area contributed by atoms with Gasteiger partial charge in [-0.3, -0.25) is 14.1 Å². The van der Waals surface area contributed by atoms with Gasteiger partial charge in [0, 0.05) is 32.2 Å². The van der Waals surface area contributed by atoms with Crippen molar-refractivity contribution in [2.45, 2.75) is 36.6 Å². The highest BCUT2D eigenvalue weighted by Crippen LogP contribution is 2.28. The zero-order chi connectivity index (χ0) is 24.8. The molecule has 12 heteroatoms. The zero-order valence-corrected chi connectivity index (χ0v) is 21.9. The van der Waals surface area contributed by atoms with E-state index in [4.69, 9.17) is 0 Å². The second kappa shape index (κ2) is 9.08. The fraction of sp³-hybridized carbons (Fsp3) is 0.409. The summed E-state index contributed by atoms with van der Waals surface area (Å²) in [6.45, 7) is 7.52. The highest BCUT2D eigenvalue weighted by atomic mass is 32.2. The summed E-state index contributed by atoms with van der Waals surface area (Å²) < 4.78 is 58.8. The maximum atomic E-state index is 13.2. The monoisotopic (exact) mass is 524 g/mol. The van der Waals surface area contributed by atoms with Gasteiger partial charge in [0.2, 0.25) is 10.0 Å². The third kappa shape index (κ3) is 4.65. The first-order valence-electron chi connectivity index (χ1n) is 10.9. The summed E-state index contributed by atoms with van der Waals surface area (Å²) in [5.74, 6) is 0. The molecule has 0 unspecified atom stereocenters. The summed E-state index contributed by atoms with van der Waals surface area (Å²) in [6, 6.07) is 9.01. The number of hydrogen-bond donors (Lipinski definition) is 1. The molecule has 0 atom stereocenters. The first-order chi connectivity index (χ1) is 15.9. The van der Waals surface area contributed by atoms with Crippen LogP contribution in [0.2, 0.25) is 0 Å². The summed E-state index contributed by atoms with van der Waals surface area (Å²) in [7, 11) is -5.82. The van der Waals surface area contributed by atoms with Crippen molar-refractivity contribution >= 4 is 47.3 Å². The van der Waals surface area contributed by atoms with Gasteiger partial charge >= 0.3 is 4.87 Å². The molecule has 1 aromatic heterocycles. The minimum Gasteiger partial charge on any atom is -0.304 e. The van der Waals surface area contributed by atoms with E-state index in [1.807, 2.05) is 20.9 Å². The lowest BCUT2D eigenvalue weighted by molar-refractivity contribution is 0.222. The summed E-state index contributed by atoms with van der Waals surface area (Å²) in [5.41, 5.74) is 1.38. The van der Waals surface area contributed by atoms with E-state index < -0.39 is 20.0 Å². The molecular formula is C22H28N4O5S3. The third-order valence-corrected chi connectivity index (χ3v) is 10.3. The van der Waals surface area contributed by atoms with Crippen LogP contribution in [0.4, 0.5) is 5.69 Å². The number of nitrogens with zero attached hydrogens (tertiary/aromatic N) is 3. The first-order valence-corrected chi connectivity index (χ1v) is 14.6. The van der Waals surface area contributed by atoms with E-state index in [1.54, 1.807) is 29.7 Å². The Bertz CT molecular complexity index is 1500. The van der Waals surface area contributed by atoms with Gasteiger partial charge in [0.25, 0.3) is 10.0 Å². The van der Waals surface area contributed by atoms with Gasteiger partial charge in [0.15, 0.2) is 0 Å². The first kappa shape index (κ1) is 24.9. The van der Waals surface area contributed by atoms with E-state index >= 15 is 0 Å². The molecule has 2 aromatic carbocycles. The normalized spacial score (nSPS) is 16.4. The van der Waals surface area contributed by atoms with Crippen LogP contribution in [0.1, 0.15) is 25.5 Å². The van der Waals surface area contributed by atoms with Crippen molar-refractivity contribution in [3.8, 4) is 0 Å². The van der Waals surface area contributed by atoms with E-state index in [9.17, 15) is 21.6 Å². The largest absolute Gasteiger partial charge is 0.308 e. The third-order valence-electron chi connectivity index (χ3n) is 5.93. The predicted molar refractivity (Wildman–Crippen MR) is 135 cm³/mol. The lowest BCUT2D eigenvalue weighted by Crippen LogP contribution is -2.47. The van der Waals surface area contributed by atoms with Gasteiger partial charge in [-0.1, -0.05) is 17.4 Å². The summed E-state index contributed by atoms with van der Waals surface area (Å²) in [6.07, 6.45) is 0. The Labute approximate surface area is 203 Å². The molecule has 0 radical (unpaired) electrons. The van der Waals surface area contributed by atoms with Crippen molar-refractivity contribution in [3.63, 3.8) is 0 Å². The minimum absolute atomic E-state index is 0.00112. The van der Waals surface area contributed by atoms with Gasteiger partial charge in [-0.05, 0) is 63.7 Å². The molecule has 0 amide bonds. The van der Waals surface area contributed by atoms with E-state index in [1.165, 1.54) is 22.5 Å². The zero-order valence-electron chi connectivity index (χ0n) is 19.5. The molecule has 1 fully saturated rings. The summed E-state index contributed by atoms with van der Waals surface area (Å²) in [4.78, 5) is 14.3. The van der Waals surface area contributed by atoms with Gasteiger partial charge in [-0.15, -0.1) is 0 Å². The SMILES string of the molecule is Cc1ccc(NS(=O)(=O)c2ccc3c(c2)sc(=O)n3C(C)C)cc1S(=O)(=O)N1CCN(C)CC1. The van der Waals surface area contributed by atoms with Crippen LogP contribution in [0, 0.1) is 6.92 Å². The Morgan fingerprint density at radius 1 is 0.971 bits per heavy atom. The Morgan fingerprint density at radius 3 is 2.29 bits per heavy atom.